The van der Waals surface area contributed by atoms with Gasteiger partial charge in [-0.05, 0) is 42.9 Å². The maximum Gasteiger partial charge on any atom is 0.267 e. The zero-order chi connectivity index (χ0) is 19.6. The van der Waals surface area contributed by atoms with Gasteiger partial charge in [-0.3, -0.25) is 10.1 Å². The highest BCUT2D eigenvalue weighted by molar-refractivity contribution is 7.19. The Morgan fingerprint density at radius 3 is 2.28 bits per heavy atom. The number of rotatable bonds is 4. The van der Waals surface area contributed by atoms with E-state index >= 15 is 0 Å². The normalized spacial score (nSPS) is 13.1. The van der Waals surface area contributed by atoms with Gasteiger partial charge in [0.2, 0.25) is 0 Å². The summed E-state index contributed by atoms with van der Waals surface area (Å²) in [7, 11) is 0. The summed E-state index contributed by atoms with van der Waals surface area (Å²) in [6.45, 7) is 0. The van der Waals surface area contributed by atoms with Crippen molar-refractivity contribution >= 4 is 33.7 Å². The van der Waals surface area contributed by atoms with E-state index in [-0.39, 0.29) is 5.91 Å². The first-order chi connectivity index (χ1) is 14.3. The van der Waals surface area contributed by atoms with Gasteiger partial charge in [-0.2, -0.15) is 0 Å². The lowest BCUT2D eigenvalue weighted by molar-refractivity contribution is 0.103. The second kappa shape index (κ2) is 7.93. The van der Waals surface area contributed by atoms with Gasteiger partial charge in [-0.25, -0.2) is 4.98 Å². The zero-order valence-electron chi connectivity index (χ0n) is 15.9. The smallest absolute Gasteiger partial charge is 0.267 e. The quantitative estimate of drug-likeness (QED) is 0.404. The van der Waals surface area contributed by atoms with Gasteiger partial charge < -0.3 is 0 Å². The fourth-order valence-corrected chi connectivity index (χ4v) is 5.85. The molecule has 144 valence electrons. The van der Waals surface area contributed by atoms with Crippen molar-refractivity contribution in [3.63, 3.8) is 0 Å². The van der Waals surface area contributed by atoms with Crippen LogP contribution in [0.5, 0.6) is 0 Å². The van der Waals surface area contributed by atoms with E-state index < -0.39 is 0 Å². The minimum Gasteiger partial charge on any atom is -0.297 e. The Hall–Kier alpha value is -2.76. The van der Waals surface area contributed by atoms with Gasteiger partial charge in [0.25, 0.3) is 5.91 Å². The number of hydrogen-bond donors (Lipinski definition) is 1. The summed E-state index contributed by atoms with van der Waals surface area (Å²) in [5.41, 5.74) is 4.41. The molecule has 0 bridgehead atoms. The second-order valence-corrected chi connectivity index (χ2v) is 9.28. The van der Waals surface area contributed by atoms with E-state index in [4.69, 9.17) is 4.98 Å². The van der Waals surface area contributed by atoms with Crippen molar-refractivity contribution in [2.45, 2.75) is 25.7 Å². The standard InChI is InChI=1S/C24H20N2OS2/c27-23(20-15-18-13-7-8-14-19(18)28-20)26-24-25-21(16-9-3-1-4-10-16)22(29-24)17-11-5-2-6-12-17/h1-6,9-12,15H,7-8,13-14H2,(H,25,26,27). The number of hydrogen-bond acceptors (Lipinski definition) is 4. The number of aryl methyl sites for hydroxylation is 2. The van der Waals surface area contributed by atoms with Gasteiger partial charge >= 0.3 is 0 Å². The Labute approximate surface area is 178 Å². The highest BCUT2D eigenvalue weighted by Gasteiger charge is 2.20. The van der Waals surface area contributed by atoms with E-state index in [2.05, 4.69) is 35.6 Å². The van der Waals surface area contributed by atoms with Crippen molar-refractivity contribution in [3.05, 3.63) is 82.0 Å². The molecule has 1 N–H and O–H groups in total. The Morgan fingerprint density at radius 2 is 1.55 bits per heavy atom. The summed E-state index contributed by atoms with van der Waals surface area (Å²) in [6, 6.07) is 22.4. The molecule has 1 amide bonds. The molecule has 0 aliphatic heterocycles. The predicted octanol–water partition coefficient (Wildman–Crippen LogP) is 6.67. The number of thiophene rings is 1. The van der Waals surface area contributed by atoms with Crippen LogP contribution < -0.4 is 5.32 Å². The van der Waals surface area contributed by atoms with E-state index in [1.807, 2.05) is 36.4 Å². The zero-order valence-corrected chi connectivity index (χ0v) is 17.5. The van der Waals surface area contributed by atoms with Crippen LogP contribution >= 0.6 is 22.7 Å². The number of carbonyl (C=O) groups is 1. The molecule has 3 nitrogen and oxygen atoms in total. The number of amides is 1. The third-order valence-corrected chi connectivity index (χ3v) is 7.41. The summed E-state index contributed by atoms with van der Waals surface area (Å²) < 4.78 is 0. The molecule has 0 spiro atoms. The molecule has 5 heteroatoms. The molecule has 2 heterocycles. The molecule has 1 aliphatic carbocycles. The first-order valence-corrected chi connectivity index (χ1v) is 11.5. The van der Waals surface area contributed by atoms with E-state index in [0.717, 1.165) is 39.4 Å². The number of anilines is 1. The van der Waals surface area contributed by atoms with E-state index in [1.165, 1.54) is 34.6 Å². The van der Waals surface area contributed by atoms with Crippen LogP contribution in [0.15, 0.2) is 66.7 Å². The Bertz CT molecular complexity index is 1070. The average Bonchev–Trinajstić information content (AvgIpc) is 3.39. The molecule has 0 fully saturated rings. The van der Waals surface area contributed by atoms with Gasteiger partial charge in [0, 0.05) is 10.4 Å². The molecule has 0 saturated carbocycles. The van der Waals surface area contributed by atoms with Crippen LogP contribution in [0, 0.1) is 0 Å². The van der Waals surface area contributed by atoms with Crippen molar-refractivity contribution in [3.8, 4) is 21.7 Å². The van der Waals surface area contributed by atoms with Crippen molar-refractivity contribution in [1.29, 1.82) is 0 Å². The van der Waals surface area contributed by atoms with Crippen LogP contribution in [0.25, 0.3) is 21.7 Å². The average molecular weight is 417 g/mol. The van der Waals surface area contributed by atoms with E-state index in [1.54, 1.807) is 11.3 Å². The van der Waals surface area contributed by atoms with Gasteiger partial charge in [0.05, 0.1) is 15.4 Å². The summed E-state index contributed by atoms with van der Waals surface area (Å²) in [5.74, 6) is -0.0580. The first-order valence-electron chi connectivity index (χ1n) is 9.82. The van der Waals surface area contributed by atoms with Crippen LogP contribution in [0.1, 0.15) is 33.0 Å². The largest absolute Gasteiger partial charge is 0.297 e. The summed E-state index contributed by atoms with van der Waals surface area (Å²) in [6.07, 6.45) is 4.63. The fourth-order valence-electron chi connectivity index (χ4n) is 3.71. The maximum atomic E-state index is 12.9. The molecule has 2 aromatic carbocycles. The topological polar surface area (TPSA) is 42.0 Å². The number of nitrogens with one attached hydrogen (secondary N) is 1. The number of carbonyl (C=O) groups excluding carboxylic acids is 1. The van der Waals surface area contributed by atoms with Crippen molar-refractivity contribution in [1.82, 2.24) is 4.98 Å². The van der Waals surface area contributed by atoms with Gasteiger partial charge in [-0.15, -0.1) is 11.3 Å². The third kappa shape index (κ3) is 3.76. The van der Waals surface area contributed by atoms with Crippen molar-refractivity contribution in [2.75, 3.05) is 5.32 Å². The lowest BCUT2D eigenvalue weighted by Gasteiger charge is -2.08. The van der Waals surface area contributed by atoms with Gasteiger partial charge in [0.1, 0.15) is 0 Å². The number of benzene rings is 2. The van der Waals surface area contributed by atoms with Gasteiger partial charge in [0.15, 0.2) is 5.13 Å². The van der Waals surface area contributed by atoms with Crippen LogP contribution in [0.4, 0.5) is 5.13 Å². The molecule has 4 aromatic rings. The second-order valence-electron chi connectivity index (χ2n) is 7.15. The fraction of sp³-hybridized carbons (Fsp3) is 0.167. The Kier molecular flexibility index (Phi) is 5.00. The molecule has 0 radical (unpaired) electrons. The lowest BCUT2D eigenvalue weighted by Crippen LogP contribution is -2.09. The van der Waals surface area contributed by atoms with Crippen molar-refractivity contribution < 1.29 is 4.79 Å². The van der Waals surface area contributed by atoms with Crippen LogP contribution in [-0.4, -0.2) is 10.9 Å². The molecule has 0 saturated heterocycles. The number of thiazole rings is 1. The van der Waals surface area contributed by atoms with Crippen LogP contribution in [0.3, 0.4) is 0 Å². The first kappa shape index (κ1) is 18.3. The van der Waals surface area contributed by atoms with Crippen LogP contribution in [0.2, 0.25) is 0 Å². The maximum absolute atomic E-state index is 12.9. The number of fused-ring (bicyclic) bond motifs is 1. The molecular weight excluding hydrogens is 396 g/mol. The summed E-state index contributed by atoms with van der Waals surface area (Å²) >= 11 is 3.16. The monoisotopic (exact) mass is 416 g/mol. The van der Waals surface area contributed by atoms with E-state index in [0.29, 0.717) is 5.13 Å². The Balaban J connectivity index is 1.48. The molecule has 1 aliphatic rings. The molecule has 0 unspecified atom stereocenters. The van der Waals surface area contributed by atoms with E-state index in [9.17, 15) is 4.79 Å². The SMILES string of the molecule is O=C(Nc1nc(-c2ccccc2)c(-c2ccccc2)s1)c1cc2c(s1)CCCC2. The minimum absolute atomic E-state index is 0.0580. The molecule has 2 aromatic heterocycles. The predicted molar refractivity (Wildman–Crippen MR) is 122 cm³/mol. The highest BCUT2D eigenvalue weighted by atomic mass is 32.1. The number of nitrogens with zero attached hydrogens (tertiary/aromatic N) is 1. The molecule has 5 rings (SSSR count). The highest BCUT2D eigenvalue weighted by Crippen LogP contribution is 2.39. The van der Waals surface area contributed by atoms with Crippen LogP contribution in [-0.2, 0) is 12.8 Å². The van der Waals surface area contributed by atoms with Gasteiger partial charge in [-0.1, -0.05) is 72.0 Å². The summed E-state index contributed by atoms with van der Waals surface area (Å²) in [4.78, 5) is 20.9. The molecular formula is C24H20N2OS2. The summed E-state index contributed by atoms with van der Waals surface area (Å²) in [5, 5.41) is 3.68. The lowest BCUT2D eigenvalue weighted by atomic mass is 9.99. The minimum atomic E-state index is -0.0580. The van der Waals surface area contributed by atoms with Crippen molar-refractivity contribution in [2.24, 2.45) is 0 Å². The third-order valence-electron chi connectivity index (χ3n) is 5.15. The molecule has 29 heavy (non-hydrogen) atoms. The molecule has 0 atom stereocenters. The Morgan fingerprint density at radius 1 is 0.862 bits per heavy atom. The number of aromatic nitrogens is 1.